The second-order valence-corrected chi connectivity index (χ2v) is 6.84. The van der Waals surface area contributed by atoms with Crippen LogP contribution in [-0.4, -0.2) is 41.7 Å². The van der Waals surface area contributed by atoms with E-state index >= 15 is 0 Å². The Morgan fingerprint density at radius 1 is 1.31 bits per heavy atom. The zero-order valence-electron chi connectivity index (χ0n) is 14.5. The molecule has 0 unspecified atom stereocenters. The number of nitrogens with zero attached hydrogens (tertiary/aromatic N) is 1. The number of methoxy groups -OCH3 is 1. The molecule has 0 aliphatic carbocycles. The number of hydrogen-bond donors (Lipinski definition) is 4. The lowest BCUT2D eigenvalue weighted by Crippen LogP contribution is -2.51. The largest absolute Gasteiger partial charge is 0.469 e. The van der Waals surface area contributed by atoms with Gasteiger partial charge >= 0.3 is 5.97 Å². The third-order valence-corrected chi connectivity index (χ3v) is 4.61. The van der Waals surface area contributed by atoms with Gasteiger partial charge in [0.2, 0.25) is 0 Å². The van der Waals surface area contributed by atoms with Crippen LogP contribution in [0.1, 0.15) is 19.8 Å². The van der Waals surface area contributed by atoms with Gasteiger partial charge < -0.3 is 15.4 Å². The monoisotopic (exact) mass is 395 g/mol. The molecule has 1 aromatic carbocycles. The highest BCUT2D eigenvalue weighted by Gasteiger charge is 2.14. The Labute approximate surface area is 160 Å². The van der Waals surface area contributed by atoms with Crippen molar-refractivity contribution in [2.45, 2.75) is 25.8 Å². The zero-order chi connectivity index (χ0) is 18.9. The standard InChI is InChI=1S/C16H21N5O3S2/c1-10(18-16-19-11-6-3-4-7-12(11)26-16)14(23)20-21-15(25)17-9-5-8-13(22)24-2/h3-4,6-7,10H,5,8-9H2,1-2H3,(H,18,19)(H,20,23)(H2,17,21,25)/t10-/m1/s1. The molecule has 0 saturated carbocycles. The molecule has 0 aliphatic heterocycles. The van der Waals surface area contributed by atoms with Crippen molar-refractivity contribution in [3.05, 3.63) is 24.3 Å². The van der Waals surface area contributed by atoms with Gasteiger partial charge in [0.05, 0.1) is 17.3 Å². The summed E-state index contributed by atoms with van der Waals surface area (Å²) < 4.78 is 5.60. The minimum Gasteiger partial charge on any atom is -0.469 e. The lowest BCUT2D eigenvalue weighted by Gasteiger charge is -2.15. The Bertz CT molecular complexity index is 747. The number of hydrogen-bond acceptors (Lipinski definition) is 7. The van der Waals surface area contributed by atoms with Gasteiger partial charge in [-0.1, -0.05) is 23.5 Å². The highest BCUT2D eigenvalue weighted by atomic mass is 32.1. The minimum absolute atomic E-state index is 0.270. The van der Waals surface area contributed by atoms with Gasteiger partial charge in [-0.05, 0) is 37.7 Å². The molecule has 10 heteroatoms. The molecule has 140 valence electrons. The molecule has 1 heterocycles. The van der Waals surface area contributed by atoms with E-state index in [1.165, 1.54) is 18.4 Å². The molecular formula is C16H21N5O3S2. The summed E-state index contributed by atoms with van der Waals surface area (Å²) in [6, 6.07) is 7.28. The van der Waals surface area contributed by atoms with Crippen LogP contribution in [0, 0.1) is 0 Å². The molecular weight excluding hydrogens is 374 g/mol. The van der Waals surface area contributed by atoms with Crippen molar-refractivity contribution >= 4 is 55.9 Å². The van der Waals surface area contributed by atoms with E-state index < -0.39 is 6.04 Å². The van der Waals surface area contributed by atoms with Crippen molar-refractivity contribution in [1.29, 1.82) is 0 Å². The topological polar surface area (TPSA) is 104 Å². The number of carbonyl (C=O) groups excluding carboxylic acids is 2. The number of aromatic nitrogens is 1. The minimum atomic E-state index is -0.495. The summed E-state index contributed by atoms with van der Waals surface area (Å²) in [7, 11) is 1.35. The van der Waals surface area contributed by atoms with Gasteiger partial charge in [-0.25, -0.2) is 4.98 Å². The Morgan fingerprint density at radius 3 is 2.81 bits per heavy atom. The number of rotatable bonds is 7. The van der Waals surface area contributed by atoms with E-state index in [9.17, 15) is 9.59 Å². The number of para-hydroxylation sites is 1. The number of thiocarbonyl (C=S) groups is 1. The number of thiazole rings is 1. The smallest absolute Gasteiger partial charge is 0.305 e. The molecule has 0 bridgehead atoms. The Kier molecular flexibility index (Phi) is 7.54. The predicted octanol–water partition coefficient (Wildman–Crippen LogP) is 1.55. The van der Waals surface area contributed by atoms with Crippen LogP contribution in [0.15, 0.2) is 24.3 Å². The summed E-state index contributed by atoms with van der Waals surface area (Å²) in [5.74, 6) is -0.545. The molecule has 0 spiro atoms. The van der Waals surface area contributed by atoms with E-state index in [4.69, 9.17) is 12.2 Å². The first-order chi connectivity index (χ1) is 12.5. The van der Waals surface area contributed by atoms with Crippen molar-refractivity contribution in [3.63, 3.8) is 0 Å². The summed E-state index contributed by atoms with van der Waals surface area (Å²) in [5, 5.41) is 6.91. The van der Waals surface area contributed by atoms with E-state index in [0.717, 1.165) is 10.2 Å². The van der Waals surface area contributed by atoms with Gasteiger partial charge in [0.1, 0.15) is 6.04 Å². The fourth-order valence-electron chi connectivity index (χ4n) is 1.99. The van der Waals surface area contributed by atoms with Gasteiger partial charge in [0.25, 0.3) is 5.91 Å². The van der Waals surface area contributed by atoms with Gasteiger partial charge in [-0.3, -0.25) is 20.4 Å². The van der Waals surface area contributed by atoms with Crippen molar-refractivity contribution in [3.8, 4) is 0 Å². The maximum atomic E-state index is 12.1. The molecule has 2 aromatic rings. The van der Waals surface area contributed by atoms with Crippen LogP contribution in [0.3, 0.4) is 0 Å². The maximum Gasteiger partial charge on any atom is 0.305 e. The number of amides is 1. The molecule has 2 rings (SSSR count). The average molecular weight is 396 g/mol. The van der Waals surface area contributed by atoms with E-state index in [1.54, 1.807) is 6.92 Å². The molecule has 4 N–H and O–H groups in total. The zero-order valence-corrected chi connectivity index (χ0v) is 16.1. The van der Waals surface area contributed by atoms with Crippen molar-refractivity contribution in [2.75, 3.05) is 19.0 Å². The molecule has 1 aromatic heterocycles. The van der Waals surface area contributed by atoms with E-state index in [-0.39, 0.29) is 17.0 Å². The number of hydrazine groups is 1. The number of carbonyl (C=O) groups is 2. The SMILES string of the molecule is COC(=O)CCCNC(=S)NNC(=O)[C@@H](C)Nc1nc2ccccc2s1. The van der Waals surface area contributed by atoms with Gasteiger partial charge in [0, 0.05) is 13.0 Å². The first-order valence-electron chi connectivity index (χ1n) is 8.02. The normalized spacial score (nSPS) is 11.5. The van der Waals surface area contributed by atoms with E-state index in [0.29, 0.717) is 24.5 Å². The molecule has 0 fully saturated rings. The number of esters is 1. The number of nitrogens with one attached hydrogen (secondary N) is 4. The fourth-order valence-corrected chi connectivity index (χ4v) is 3.10. The summed E-state index contributed by atoms with van der Waals surface area (Å²) in [5.41, 5.74) is 6.04. The predicted molar refractivity (Wildman–Crippen MR) is 106 cm³/mol. The molecule has 0 aliphatic rings. The highest BCUT2D eigenvalue weighted by molar-refractivity contribution is 7.80. The second kappa shape index (κ2) is 9.88. The number of fused-ring (bicyclic) bond motifs is 1. The molecule has 26 heavy (non-hydrogen) atoms. The van der Waals surface area contributed by atoms with Crippen LogP contribution in [-0.2, 0) is 14.3 Å². The average Bonchev–Trinajstić information content (AvgIpc) is 3.05. The van der Waals surface area contributed by atoms with Crippen LogP contribution in [0.5, 0.6) is 0 Å². The second-order valence-electron chi connectivity index (χ2n) is 5.40. The van der Waals surface area contributed by atoms with Crippen LogP contribution >= 0.6 is 23.6 Å². The van der Waals surface area contributed by atoms with Crippen LogP contribution in [0.25, 0.3) is 10.2 Å². The van der Waals surface area contributed by atoms with Crippen LogP contribution in [0.4, 0.5) is 5.13 Å². The number of benzene rings is 1. The molecule has 0 radical (unpaired) electrons. The van der Waals surface area contributed by atoms with Crippen LogP contribution in [0.2, 0.25) is 0 Å². The van der Waals surface area contributed by atoms with Gasteiger partial charge in [0.15, 0.2) is 10.2 Å². The lowest BCUT2D eigenvalue weighted by atomic mass is 10.3. The van der Waals surface area contributed by atoms with E-state index in [2.05, 4.69) is 31.2 Å². The summed E-state index contributed by atoms with van der Waals surface area (Å²) in [6.07, 6.45) is 0.888. The quantitative estimate of drug-likeness (QED) is 0.242. The number of ether oxygens (including phenoxy) is 1. The van der Waals surface area contributed by atoms with Gasteiger partial charge in [-0.15, -0.1) is 0 Å². The summed E-state index contributed by atoms with van der Waals surface area (Å²) >= 11 is 6.54. The van der Waals surface area contributed by atoms with Gasteiger partial charge in [-0.2, -0.15) is 0 Å². The maximum absolute atomic E-state index is 12.1. The molecule has 1 atom stereocenters. The molecule has 1 amide bonds. The highest BCUT2D eigenvalue weighted by Crippen LogP contribution is 2.25. The first kappa shape index (κ1) is 19.9. The number of anilines is 1. The summed E-state index contributed by atoms with van der Waals surface area (Å²) in [4.78, 5) is 27.5. The van der Waals surface area contributed by atoms with Crippen molar-refractivity contribution < 1.29 is 14.3 Å². The first-order valence-corrected chi connectivity index (χ1v) is 9.24. The Balaban J connectivity index is 1.69. The Morgan fingerprint density at radius 2 is 2.08 bits per heavy atom. The summed E-state index contributed by atoms with van der Waals surface area (Å²) in [6.45, 7) is 2.23. The molecule has 8 nitrogen and oxygen atoms in total. The third kappa shape index (κ3) is 6.12. The van der Waals surface area contributed by atoms with E-state index in [1.807, 2.05) is 24.3 Å². The van der Waals surface area contributed by atoms with Crippen LogP contribution < -0.4 is 21.5 Å². The van der Waals surface area contributed by atoms with Crippen molar-refractivity contribution in [1.82, 2.24) is 21.2 Å². The van der Waals surface area contributed by atoms with Crippen molar-refractivity contribution in [2.24, 2.45) is 0 Å². The Hall–Kier alpha value is -2.46. The third-order valence-electron chi connectivity index (χ3n) is 3.40. The fraction of sp³-hybridized carbons (Fsp3) is 0.375. The molecule has 0 saturated heterocycles. The lowest BCUT2D eigenvalue weighted by molar-refractivity contribution is -0.140.